The first-order chi connectivity index (χ1) is 27.2. The minimum Gasteiger partial charge on any atom is -0.494 e. The van der Waals surface area contributed by atoms with Crippen LogP contribution in [-0.4, -0.2) is 56.2 Å². The molecule has 1 atom stereocenters. The zero-order chi connectivity index (χ0) is 39.3. The number of carbonyl (C=O) groups excluding carboxylic acids is 3. The first-order valence-electron chi connectivity index (χ1n) is 18.3. The molecule has 5 aromatic carbocycles. The van der Waals surface area contributed by atoms with E-state index in [0.29, 0.717) is 66.4 Å². The zero-order valence-electron chi connectivity index (χ0n) is 31.1. The number of nitrogens with one attached hydrogen (secondary N) is 1. The van der Waals surface area contributed by atoms with Crippen molar-refractivity contribution in [3.05, 3.63) is 138 Å². The van der Waals surface area contributed by atoms with Crippen molar-refractivity contribution in [1.29, 1.82) is 5.41 Å². The molecule has 0 radical (unpaired) electrons. The second kappa shape index (κ2) is 18.7. The molecular weight excluding hydrogens is 714 g/mol. The number of carbonyl (C=O) groups is 3. The Kier molecular flexibility index (Phi) is 13.1. The lowest BCUT2D eigenvalue weighted by Gasteiger charge is -2.15. The van der Waals surface area contributed by atoms with E-state index in [4.69, 9.17) is 38.6 Å². The highest BCUT2D eigenvalue weighted by molar-refractivity contribution is 6.04. The van der Waals surface area contributed by atoms with Gasteiger partial charge in [-0.1, -0.05) is 43.0 Å². The van der Waals surface area contributed by atoms with Crippen LogP contribution in [0.25, 0.3) is 10.8 Å². The van der Waals surface area contributed by atoms with Crippen molar-refractivity contribution in [2.45, 2.75) is 44.8 Å². The fourth-order valence-corrected chi connectivity index (χ4v) is 5.60. The van der Waals surface area contributed by atoms with E-state index in [0.717, 1.165) is 49.3 Å². The average molecular weight is 758 g/mol. The number of fused-ring (bicyclic) bond motifs is 1. The highest BCUT2D eigenvalue weighted by Crippen LogP contribution is 2.37. The molecule has 1 aliphatic heterocycles. The van der Waals surface area contributed by atoms with E-state index in [-0.39, 0.29) is 22.7 Å². The summed E-state index contributed by atoms with van der Waals surface area (Å²) in [5.74, 6) is 0.717. The molecule has 1 heterocycles. The molecule has 6 rings (SSSR count). The number of unbranched alkanes of at least 4 members (excludes halogenated alkanes) is 3. The second-order valence-corrected chi connectivity index (χ2v) is 13.4. The highest BCUT2D eigenvalue weighted by atomic mass is 16.6. The highest BCUT2D eigenvalue weighted by Gasteiger charge is 2.40. The maximum Gasteiger partial charge on any atom is 0.343 e. The molecule has 5 aromatic rings. The number of rotatable bonds is 20. The van der Waals surface area contributed by atoms with Gasteiger partial charge in [0.1, 0.15) is 47.6 Å². The van der Waals surface area contributed by atoms with E-state index in [1.165, 1.54) is 6.07 Å². The molecule has 288 valence electrons. The molecule has 0 saturated carbocycles. The van der Waals surface area contributed by atoms with Crippen LogP contribution in [-0.2, 0) is 20.9 Å². The van der Waals surface area contributed by atoms with E-state index in [1.54, 1.807) is 72.8 Å². The third-order valence-electron chi connectivity index (χ3n) is 8.95. The minimum absolute atomic E-state index is 0.172. The van der Waals surface area contributed by atoms with Crippen LogP contribution in [0.4, 0.5) is 0 Å². The van der Waals surface area contributed by atoms with E-state index in [2.05, 4.69) is 6.58 Å². The third kappa shape index (κ3) is 10.8. The normalized spacial score (nSPS) is 14.3. The van der Waals surface area contributed by atoms with Gasteiger partial charge in [0.05, 0.1) is 30.9 Å². The van der Waals surface area contributed by atoms with E-state index >= 15 is 0 Å². The van der Waals surface area contributed by atoms with Crippen LogP contribution in [0.1, 0.15) is 64.4 Å². The maximum atomic E-state index is 13.3. The molecule has 0 spiro atoms. The fraction of sp³-hybridized carbons (Fsp3) is 0.244. The summed E-state index contributed by atoms with van der Waals surface area (Å²) in [5, 5.41) is 9.12. The van der Waals surface area contributed by atoms with Crippen molar-refractivity contribution in [2.75, 3.05) is 26.4 Å². The summed E-state index contributed by atoms with van der Waals surface area (Å²) < 4.78 is 39.5. The molecule has 1 saturated heterocycles. The van der Waals surface area contributed by atoms with Gasteiger partial charge in [-0.2, -0.15) is 0 Å². The molecule has 1 fully saturated rings. The molecule has 1 aliphatic rings. The van der Waals surface area contributed by atoms with Crippen molar-refractivity contribution in [3.63, 3.8) is 0 Å². The van der Waals surface area contributed by atoms with Gasteiger partial charge in [-0.15, -0.1) is 0 Å². The lowest BCUT2D eigenvalue weighted by Crippen LogP contribution is -2.16. The van der Waals surface area contributed by atoms with Crippen molar-refractivity contribution in [3.8, 4) is 28.7 Å². The zero-order valence-corrected chi connectivity index (χ0v) is 31.1. The molecule has 1 unspecified atom stereocenters. The molecule has 0 amide bonds. The quantitative estimate of drug-likeness (QED) is 0.0205. The molecule has 11 heteroatoms. The van der Waals surface area contributed by atoms with Gasteiger partial charge in [-0.25, -0.2) is 14.4 Å². The van der Waals surface area contributed by atoms with Crippen LogP contribution in [0.5, 0.6) is 28.7 Å². The van der Waals surface area contributed by atoms with Gasteiger partial charge >= 0.3 is 17.9 Å². The summed E-state index contributed by atoms with van der Waals surface area (Å²) in [6.45, 7) is 7.82. The van der Waals surface area contributed by atoms with Crippen molar-refractivity contribution in [1.82, 2.24) is 0 Å². The summed E-state index contributed by atoms with van der Waals surface area (Å²) in [7, 11) is 0. The summed E-state index contributed by atoms with van der Waals surface area (Å²) in [6, 6.07) is 29.5. The van der Waals surface area contributed by atoms with Crippen LogP contribution in [0, 0.1) is 5.41 Å². The topological polar surface area (TPSA) is 143 Å². The van der Waals surface area contributed by atoms with Crippen LogP contribution in [0.15, 0.2) is 116 Å². The van der Waals surface area contributed by atoms with Gasteiger partial charge in [-0.3, -0.25) is 0 Å². The van der Waals surface area contributed by atoms with Gasteiger partial charge < -0.3 is 38.6 Å². The van der Waals surface area contributed by atoms with Crippen LogP contribution < -0.4 is 23.7 Å². The summed E-state index contributed by atoms with van der Waals surface area (Å²) in [4.78, 5) is 37.6. The number of epoxide rings is 1. The second-order valence-electron chi connectivity index (χ2n) is 13.4. The Morgan fingerprint density at radius 2 is 1.30 bits per heavy atom. The van der Waals surface area contributed by atoms with Crippen LogP contribution >= 0.6 is 0 Å². The predicted octanol–water partition coefficient (Wildman–Crippen LogP) is 8.69. The largest absolute Gasteiger partial charge is 0.494 e. The Balaban J connectivity index is 1.02. The number of ether oxygens (including phenoxy) is 7. The number of benzene rings is 5. The Hall–Kier alpha value is -6.46. The number of esters is 3. The molecular formula is C45H43NO10. The Morgan fingerprint density at radius 1 is 0.732 bits per heavy atom. The van der Waals surface area contributed by atoms with Gasteiger partial charge in [-0.05, 0) is 105 Å². The lowest BCUT2D eigenvalue weighted by molar-refractivity contribution is -0.137. The van der Waals surface area contributed by atoms with Gasteiger partial charge in [0.25, 0.3) is 0 Å². The van der Waals surface area contributed by atoms with Crippen LogP contribution in [0.3, 0.4) is 0 Å². The monoisotopic (exact) mass is 757 g/mol. The Labute approximate surface area is 325 Å². The summed E-state index contributed by atoms with van der Waals surface area (Å²) in [6.07, 6.45) is 5.63. The standard InChI is InChI=1S/C45H43NO10/c1-3-41(47)51-25-9-5-4-8-24-50-35-20-14-33(15-21-35)44(49)56-42-34(27-46)26-40(38-10-6-7-11-39(38)42)55-43(48)32-16-22-36(23-17-32)52-28-31-12-18-37(19-13-31)53-29-45(2)30-54-45/h3,6-7,10-23,26-27,46H,1,4-5,8-9,24-25,28-30H2,2H3. The third-order valence-corrected chi connectivity index (χ3v) is 8.95. The molecule has 0 bridgehead atoms. The van der Waals surface area contributed by atoms with E-state index in [9.17, 15) is 14.4 Å². The van der Waals surface area contributed by atoms with Crippen molar-refractivity contribution < 1.29 is 47.5 Å². The van der Waals surface area contributed by atoms with Crippen LogP contribution in [0.2, 0.25) is 0 Å². The molecule has 0 aromatic heterocycles. The SMILES string of the molecule is C=CC(=O)OCCCCCCOc1ccc(C(=O)Oc2c(C=N)cc(OC(=O)c3ccc(OCc4ccc(OCC5(C)CO5)cc4)cc3)c3ccccc23)cc1. The van der Waals surface area contributed by atoms with Gasteiger partial charge in [0, 0.05) is 28.6 Å². The summed E-state index contributed by atoms with van der Waals surface area (Å²) >= 11 is 0. The fourth-order valence-electron chi connectivity index (χ4n) is 5.60. The van der Waals surface area contributed by atoms with Crippen molar-refractivity contribution >= 4 is 34.9 Å². The smallest absolute Gasteiger partial charge is 0.343 e. The Morgan fingerprint density at radius 3 is 1.93 bits per heavy atom. The molecule has 11 nitrogen and oxygen atoms in total. The molecule has 0 aliphatic carbocycles. The van der Waals surface area contributed by atoms with Gasteiger partial charge in [0.15, 0.2) is 0 Å². The van der Waals surface area contributed by atoms with E-state index < -0.39 is 17.9 Å². The van der Waals surface area contributed by atoms with Crippen molar-refractivity contribution in [2.24, 2.45) is 0 Å². The first-order valence-corrected chi connectivity index (χ1v) is 18.3. The average Bonchev–Trinajstić information content (AvgIpc) is 3.98. The maximum absolute atomic E-state index is 13.3. The molecule has 56 heavy (non-hydrogen) atoms. The number of hydrogen-bond acceptors (Lipinski definition) is 11. The first kappa shape index (κ1) is 39.2. The minimum atomic E-state index is -0.617. The Bertz CT molecular complexity index is 2160. The predicted molar refractivity (Wildman–Crippen MR) is 210 cm³/mol. The van der Waals surface area contributed by atoms with E-state index in [1.807, 2.05) is 31.2 Å². The van der Waals surface area contributed by atoms with Gasteiger partial charge in [0.2, 0.25) is 0 Å². The summed E-state index contributed by atoms with van der Waals surface area (Å²) in [5.41, 5.74) is 1.64. The number of hydrogen-bond donors (Lipinski definition) is 1. The lowest BCUT2D eigenvalue weighted by atomic mass is 10.0. The molecule has 1 N–H and O–H groups in total.